The molecule has 1 amide bonds. The highest BCUT2D eigenvalue weighted by Gasteiger charge is 2.16. The van der Waals surface area contributed by atoms with Crippen LogP contribution in [0.2, 0.25) is 0 Å². The number of hydrogen-bond acceptors (Lipinski definition) is 7. The van der Waals surface area contributed by atoms with Gasteiger partial charge in [-0.05, 0) is 31.5 Å². The van der Waals surface area contributed by atoms with Crippen LogP contribution in [0, 0.1) is 0 Å². The van der Waals surface area contributed by atoms with Gasteiger partial charge in [0.05, 0.1) is 17.9 Å². The lowest BCUT2D eigenvalue weighted by atomic mass is 10.2. The summed E-state index contributed by atoms with van der Waals surface area (Å²) < 4.78 is 11.1. The monoisotopic (exact) mass is 401 g/mol. The van der Waals surface area contributed by atoms with Gasteiger partial charge in [-0.2, -0.15) is 5.10 Å². The molecule has 0 aliphatic rings. The maximum absolute atomic E-state index is 12.1. The van der Waals surface area contributed by atoms with Crippen molar-refractivity contribution >= 4 is 23.5 Å². The van der Waals surface area contributed by atoms with Crippen LogP contribution in [0.3, 0.4) is 0 Å². The topological polar surface area (TPSA) is 117 Å². The Balaban J connectivity index is 1.99. The summed E-state index contributed by atoms with van der Waals surface area (Å²) in [5, 5.41) is 6.48. The van der Waals surface area contributed by atoms with Gasteiger partial charge in [0.1, 0.15) is 0 Å². The highest BCUT2D eigenvalue weighted by atomic mass is 16.5. The summed E-state index contributed by atoms with van der Waals surface area (Å²) in [6, 6.07) is 8.82. The number of nitrogens with one attached hydrogen (secondary N) is 1. The van der Waals surface area contributed by atoms with Gasteiger partial charge in [-0.15, -0.1) is 0 Å². The van der Waals surface area contributed by atoms with E-state index in [1.165, 1.54) is 28.9 Å². The number of carbonyl (C=O) groups is 3. The number of unbranched alkanes of at least 4 members (excludes halogenated alkanes) is 1. The highest BCUT2D eigenvalue weighted by molar-refractivity contribution is 6.02. The van der Waals surface area contributed by atoms with E-state index in [1.54, 1.807) is 19.1 Å². The third-order valence-corrected chi connectivity index (χ3v) is 3.83. The van der Waals surface area contributed by atoms with Crippen molar-refractivity contribution in [2.24, 2.45) is 0 Å². The number of benzene rings is 1. The molecule has 9 nitrogen and oxygen atoms in total. The van der Waals surface area contributed by atoms with Crippen molar-refractivity contribution in [3.05, 3.63) is 58.0 Å². The number of esters is 2. The fraction of sp³-hybridized carbons (Fsp3) is 0.350. The van der Waals surface area contributed by atoms with Gasteiger partial charge in [0.25, 0.3) is 11.5 Å². The van der Waals surface area contributed by atoms with E-state index in [4.69, 9.17) is 9.47 Å². The molecule has 1 aromatic heterocycles. The second kappa shape index (κ2) is 10.7. The lowest BCUT2D eigenvalue weighted by molar-refractivity contribution is -0.119. The largest absolute Gasteiger partial charge is 0.462 e. The van der Waals surface area contributed by atoms with E-state index in [2.05, 4.69) is 10.4 Å². The van der Waals surface area contributed by atoms with Crippen LogP contribution in [0.1, 0.15) is 47.5 Å². The van der Waals surface area contributed by atoms with Crippen LogP contribution in [0.4, 0.5) is 5.69 Å². The van der Waals surface area contributed by atoms with Crippen molar-refractivity contribution in [2.75, 3.05) is 18.5 Å². The van der Waals surface area contributed by atoms with E-state index < -0.39 is 24.5 Å². The van der Waals surface area contributed by atoms with Crippen LogP contribution in [-0.4, -0.2) is 40.8 Å². The molecule has 0 fully saturated rings. The van der Waals surface area contributed by atoms with Gasteiger partial charge in [-0.1, -0.05) is 25.5 Å². The number of rotatable bonds is 9. The molecule has 1 N–H and O–H groups in total. The van der Waals surface area contributed by atoms with Crippen LogP contribution in [-0.2, 0) is 20.8 Å². The summed E-state index contributed by atoms with van der Waals surface area (Å²) in [6.07, 6.45) is 1.62. The average Bonchev–Trinajstić information content (AvgIpc) is 2.72. The molecule has 0 saturated heterocycles. The van der Waals surface area contributed by atoms with Gasteiger partial charge in [0.2, 0.25) is 0 Å². The Morgan fingerprint density at radius 2 is 1.79 bits per heavy atom. The summed E-state index contributed by atoms with van der Waals surface area (Å²) in [5.41, 5.74) is 0.0562. The molecule has 2 rings (SSSR count). The van der Waals surface area contributed by atoms with Gasteiger partial charge in [-0.25, -0.2) is 14.3 Å². The smallest absolute Gasteiger partial charge is 0.359 e. The number of anilines is 1. The second-order valence-electron chi connectivity index (χ2n) is 6.02. The number of ether oxygens (including phenoxy) is 2. The van der Waals surface area contributed by atoms with Gasteiger partial charge in [-0.3, -0.25) is 9.59 Å². The molecule has 0 unspecified atom stereocenters. The minimum absolute atomic E-state index is 0.0690. The van der Waals surface area contributed by atoms with Crippen molar-refractivity contribution in [3.63, 3.8) is 0 Å². The normalized spacial score (nSPS) is 10.3. The highest BCUT2D eigenvalue weighted by Crippen LogP contribution is 2.16. The summed E-state index contributed by atoms with van der Waals surface area (Å²) in [6.45, 7) is 3.67. The van der Waals surface area contributed by atoms with E-state index in [0.29, 0.717) is 6.54 Å². The van der Waals surface area contributed by atoms with E-state index >= 15 is 0 Å². The maximum Gasteiger partial charge on any atom is 0.359 e. The zero-order valence-electron chi connectivity index (χ0n) is 16.3. The number of nitrogens with zero attached hydrogens (tertiary/aromatic N) is 2. The van der Waals surface area contributed by atoms with Crippen molar-refractivity contribution in [3.8, 4) is 0 Å². The summed E-state index contributed by atoms with van der Waals surface area (Å²) in [4.78, 5) is 48.0. The SMILES string of the molecule is CCCCn1nc(C(=O)OCC(=O)Nc2ccccc2C(=O)OCC)ccc1=O. The number of carbonyl (C=O) groups excluding carboxylic acids is 3. The molecule has 0 aliphatic carbocycles. The Labute approximate surface area is 167 Å². The quantitative estimate of drug-likeness (QED) is 0.639. The molecule has 154 valence electrons. The van der Waals surface area contributed by atoms with Gasteiger partial charge < -0.3 is 14.8 Å². The first-order valence-corrected chi connectivity index (χ1v) is 9.27. The van der Waals surface area contributed by atoms with E-state index in [0.717, 1.165) is 12.8 Å². The molecule has 29 heavy (non-hydrogen) atoms. The molecular formula is C20H23N3O6. The Morgan fingerprint density at radius 3 is 2.52 bits per heavy atom. The average molecular weight is 401 g/mol. The maximum atomic E-state index is 12.1. The standard InChI is InChI=1S/C20H23N3O6/c1-3-5-12-23-18(25)11-10-16(22-23)20(27)29-13-17(24)21-15-9-7-6-8-14(15)19(26)28-4-2/h6-11H,3-5,12-13H2,1-2H3,(H,21,24). The fourth-order valence-electron chi connectivity index (χ4n) is 2.40. The van der Waals surface area contributed by atoms with Gasteiger partial charge in [0, 0.05) is 12.6 Å². The van der Waals surface area contributed by atoms with E-state index in [9.17, 15) is 19.2 Å². The van der Waals surface area contributed by atoms with Crippen molar-refractivity contribution in [1.82, 2.24) is 9.78 Å². The zero-order valence-corrected chi connectivity index (χ0v) is 16.3. The first kappa shape index (κ1) is 21.8. The van der Waals surface area contributed by atoms with Crippen molar-refractivity contribution in [2.45, 2.75) is 33.2 Å². The predicted octanol–water partition coefficient (Wildman–Crippen LogP) is 2.02. The molecule has 9 heteroatoms. The van der Waals surface area contributed by atoms with Crippen LogP contribution in [0.25, 0.3) is 0 Å². The van der Waals surface area contributed by atoms with Crippen molar-refractivity contribution in [1.29, 1.82) is 0 Å². The van der Waals surface area contributed by atoms with Crippen LogP contribution in [0.5, 0.6) is 0 Å². The third kappa shape index (κ3) is 6.27. The molecule has 0 atom stereocenters. The first-order valence-electron chi connectivity index (χ1n) is 9.27. The minimum Gasteiger partial charge on any atom is -0.462 e. The Hall–Kier alpha value is -3.49. The molecular weight excluding hydrogens is 378 g/mol. The molecule has 0 aliphatic heterocycles. The molecule has 0 saturated carbocycles. The molecule has 1 heterocycles. The Bertz CT molecular complexity index is 938. The summed E-state index contributed by atoms with van der Waals surface area (Å²) in [5.74, 6) is -2.03. The van der Waals surface area contributed by atoms with Crippen LogP contribution in [0.15, 0.2) is 41.2 Å². The minimum atomic E-state index is -0.830. The molecule has 1 aromatic carbocycles. The lowest BCUT2D eigenvalue weighted by Gasteiger charge is -2.11. The zero-order chi connectivity index (χ0) is 21.2. The van der Waals surface area contributed by atoms with Crippen LogP contribution >= 0.6 is 0 Å². The van der Waals surface area contributed by atoms with E-state index in [1.807, 2.05) is 6.92 Å². The number of aryl methyl sites for hydroxylation is 1. The Kier molecular flexibility index (Phi) is 8.08. The van der Waals surface area contributed by atoms with E-state index in [-0.39, 0.29) is 29.1 Å². The molecule has 0 bridgehead atoms. The van der Waals surface area contributed by atoms with Crippen LogP contribution < -0.4 is 10.9 Å². The molecule has 0 radical (unpaired) electrons. The predicted molar refractivity (Wildman–Crippen MR) is 105 cm³/mol. The molecule has 0 spiro atoms. The first-order chi connectivity index (χ1) is 14.0. The number of hydrogen-bond donors (Lipinski definition) is 1. The molecule has 2 aromatic rings. The number of para-hydroxylation sites is 1. The summed E-state index contributed by atoms with van der Waals surface area (Å²) in [7, 11) is 0. The lowest BCUT2D eigenvalue weighted by Crippen LogP contribution is -2.26. The fourth-order valence-corrected chi connectivity index (χ4v) is 2.40. The number of aromatic nitrogens is 2. The van der Waals surface area contributed by atoms with Gasteiger partial charge >= 0.3 is 11.9 Å². The van der Waals surface area contributed by atoms with Crippen molar-refractivity contribution < 1.29 is 23.9 Å². The third-order valence-electron chi connectivity index (χ3n) is 3.83. The van der Waals surface area contributed by atoms with Gasteiger partial charge in [0.15, 0.2) is 12.3 Å². The number of amides is 1. The summed E-state index contributed by atoms with van der Waals surface area (Å²) >= 11 is 0. The second-order valence-corrected chi connectivity index (χ2v) is 6.02. The Morgan fingerprint density at radius 1 is 1.03 bits per heavy atom.